The second-order valence-corrected chi connectivity index (χ2v) is 14.0. The van der Waals surface area contributed by atoms with Crippen LogP contribution in [0.15, 0.2) is 115 Å². The number of hydrogen-bond acceptors (Lipinski definition) is 6. The van der Waals surface area contributed by atoms with E-state index >= 15 is 9.59 Å². The van der Waals surface area contributed by atoms with Crippen LogP contribution >= 0.6 is 11.6 Å². The Morgan fingerprint density at radius 1 is 0.860 bits per heavy atom. The molecule has 0 radical (unpaired) electrons. The van der Waals surface area contributed by atoms with Crippen molar-refractivity contribution in [2.75, 3.05) is 12.0 Å². The number of hydrogen-bond donors (Lipinski definition) is 1. The first-order valence-corrected chi connectivity index (χ1v) is 17.2. The predicted molar refractivity (Wildman–Crippen MR) is 190 cm³/mol. The van der Waals surface area contributed by atoms with Gasteiger partial charge in [0, 0.05) is 28.0 Å². The molecule has 1 heterocycles. The number of benzene rings is 4. The maximum atomic E-state index is 15.1. The van der Waals surface area contributed by atoms with Gasteiger partial charge in [-0.25, -0.2) is 4.90 Å². The number of Topliss-reactive ketones (excluding diaryl/α,β-unsaturated/α-hetero) is 1. The standard InChI is InChI=1S/C42H34ClNO6/c1-23-16-17-26(20-33(23)43)44-40(48)28-19-18-27-31(36(28)41(44)49)21-32-38(46)30(24-10-5-3-6-11-24)22-35(45)42(32,25-12-7-4-8-13-25)37(27)29-14-9-15-34(50-2)39(29)47/h3-18,20,22,28,31-32,36-37,47H,19,21H2,1-2H3/t28-,31+,32-,36-,37+,42-/m0/s1. The normalized spacial score (nSPS) is 27.3. The predicted octanol–water partition coefficient (Wildman–Crippen LogP) is 7.39. The van der Waals surface area contributed by atoms with Crippen molar-refractivity contribution in [1.82, 2.24) is 0 Å². The summed E-state index contributed by atoms with van der Waals surface area (Å²) in [5.41, 5.74) is 2.54. The third kappa shape index (κ3) is 4.49. The van der Waals surface area contributed by atoms with Gasteiger partial charge in [0.15, 0.2) is 23.1 Å². The lowest BCUT2D eigenvalue weighted by atomic mass is 9.44. The fraction of sp³-hybridized carbons (Fsp3) is 0.238. The molecule has 1 aliphatic heterocycles. The van der Waals surface area contributed by atoms with Crippen LogP contribution in [0.3, 0.4) is 0 Å². The van der Waals surface area contributed by atoms with Crippen molar-refractivity contribution in [1.29, 1.82) is 0 Å². The molecule has 1 N–H and O–H groups in total. The summed E-state index contributed by atoms with van der Waals surface area (Å²) in [6.45, 7) is 1.85. The Hall–Kier alpha value is -5.27. The molecule has 1 saturated heterocycles. The number of aryl methyl sites for hydroxylation is 1. The zero-order valence-corrected chi connectivity index (χ0v) is 28.3. The number of ether oxygens (including phenoxy) is 1. The van der Waals surface area contributed by atoms with Gasteiger partial charge in [0.25, 0.3) is 0 Å². The fourth-order valence-electron chi connectivity index (χ4n) is 9.13. The molecule has 4 aromatic rings. The number of anilines is 1. The number of ketones is 2. The number of carbonyl (C=O) groups excluding carboxylic acids is 4. The van der Waals surface area contributed by atoms with E-state index in [1.54, 1.807) is 36.4 Å². The molecule has 4 aliphatic rings. The van der Waals surface area contributed by atoms with Crippen LogP contribution in [-0.2, 0) is 24.6 Å². The van der Waals surface area contributed by atoms with Crippen molar-refractivity contribution in [3.05, 3.63) is 142 Å². The highest BCUT2D eigenvalue weighted by Gasteiger charge is 2.66. The summed E-state index contributed by atoms with van der Waals surface area (Å²) in [7, 11) is 1.46. The Balaban J connectivity index is 1.37. The van der Waals surface area contributed by atoms with Crippen LogP contribution in [0.25, 0.3) is 5.57 Å². The highest BCUT2D eigenvalue weighted by molar-refractivity contribution is 6.33. The quantitative estimate of drug-likeness (QED) is 0.174. The SMILES string of the molecule is COc1cccc([C@H]2C3=CC[C@@H]4C(=O)N(c5ccc(C)c(Cl)c5)C(=O)[C@@H]4[C@@H]3C[C@H]3C(=O)C(c4ccccc4)=CC(=O)[C@@]23c2ccccc2)c1O. The number of halogens is 1. The van der Waals surface area contributed by atoms with Crippen LogP contribution < -0.4 is 9.64 Å². The number of carbonyl (C=O) groups is 4. The van der Waals surface area contributed by atoms with Crippen LogP contribution in [0.1, 0.15) is 41.0 Å². The fourth-order valence-corrected chi connectivity index (χ4v) is 9.31. The first kappa shape index (κ1) is 32.0. The lowest BCUT2D eigenvalue weighted by Crippen LogP contribution is -2.58. The van der Waals surface area contributed by atoms with Crippen LogP contribution in [0.5, 0.6) is 11.5 Å². The molecule has 250 valence electrons. The Labute approximate surface area is 294 Å². The van der Waals surface area contributed by atoms with Crippen LogP contribution in [0.2, 0.25) is 5.02 Å². The zero-order valence-electron chi connectivity index (χ0n) is 27.5. The minimum atomic E-state index is -1.45. The van der Waals surface area contributed by atoms with E-state index < -0.39 is 35.0 Å². The molecular formula is C42H34ClNO6. The molecule has 8 heteroatoms. The number of nitrogens with zero attached hydrogens (tertiary/aromatic N) is 1. The van der Waals surface area contributed by atoms with Gasteiger partial charge >= 0.3 is 0 Å². The Kier molecular flexibility index (Phi) is 7.64. The summed E-state index contributed by atoms with van der Waals surface area (Å²) in [5, 5.41) is 12.2. The Bertz CT molecular complexity index is 2160. The van der Waals surface area contributed by atoms with Gasteiger partial charge in [-0.05, 0) is 66.6 Å². The van der Waals surface area contributed by atoms with Crippen molar-refractivity contribution in [3.63, 3.8) is 0 Å². The van der Waals surface area contributed by atoms with Crippen molar-refractivity contribution >= 4 is 46.2 Å². The van der Waals surface area contributed by atoms with E-state index in [0.717, 1.165) is 11.1 Å². The third-order valence-electron chi connectivity index (χ3n) is 11.3. The number of phenolic OH excluding ortho intramolecular Hbond substituents is 1. The molecule has 7 nitrogen and oxygen atoms in total. The van der Waals surface area contributed by atoms with Gasteiger partial charge in [-0.1, -0.05) is 102 Å². The summed E-state index contributed by atoms with van der Waals surface area (Å²) in [4.78, 5) is 60.0. The molecule has 4 aromatic carbocycles. The van der Waals surface area contributed by atoms with E-state index in [2.05, 4.69) is 0 Å². The average molecular weight is 684 g/mol. The largest absolute Gasteiger partial charge is 0.504 e. The maximum absolute atomic E-state index is 15.1. The molecule has 0 unspecified atom stereocenters. The van der Waals surface area contributed by atoms with E-state index in [0.29, 0.717) is 33.0 Å². The number of phenols is 1. The summed E-state index contributed by atoms with van der Waals surface area (Å²) in [5.74, 6) is -4.82. The van der Waals surface area contributed by atoms with Gasteiger partial charge in [0.2, 0.25) is 11.8 Å². The van der Waals surface area contributed by atoms with Crippen molar-refractivity contribution < 1.29 is 29.0 Å². The molecule has 1 saturated carbocycles. The maximum Gasteiger partial charge on any atom is 0.238 e. The van der Waals surface area contributed by atoms with Crippen molar-refractivity contribution in [2.24, 2.45) is 23.7 Å². The van der Waals surface area contributed by atoms with Crippen LogP contribution in [0.4, 0.5) is 5.69 Å². The van der Waals surface area contributed by atoms with Crippen LogP contribution in [-0.4, -0.2) is 35.6 Å². The number of rotatable bonds is 5. The molecule has 8 rings (SSSR count). The van der Waals surface area contributed by atoms with E-state index in [4.69, 9.17) is 16.3 Å². The van der Waals surface area contributed by atoms with Crippen LogP contribution in [0, 0.1) is 30.6 Å². The van der Waals surface area contributed by atoms with E-state index in [1.165, 1.54) is 18.1 Å². The Morgan fingerprint density at radius 2 is 1.58 bits per heavy atom. The van der Waals surface area contributed by atoms with E-state index in [9.17, 15) is 14.7 Å². The number of imide groups is 1. The number of amides is 2. The van der Waals surface area contributed by atoms with Gasteiger partial charge in [0.1, 0.15) is 0 Å². The molecule has 3 aliphatic carbocycles. The topological polar surface area (TPSA) is 101 Å². The molecular weight excluding hydrogens is 650 g/mol. The molecule has 2 amide bonds. The number of methoxy groups -OCH3 is 1. The summed E-state index contributed by atoms with van der Waals surface area (Å²) < 4.78 is 5.54. The van der Waals surface area contributed by atoms with Gasteiger partial charge in [-0.15, -0.1) is 0 Å². The van der Waals surface area contributed by atoms with Gasteiger partial charge < -0.3 is 9.84 Å². The molecule has 50 heavy (non-hydrogen) atoms. The smallest absolute Gasteiger partial charge is 0.238 e. The second kappa shape index (κ2) is 12.0. The summed E-state index contributed by atoms with van der Waals surface area (Å²) in [6.07, 6.45) is 3.87. The number of fused-ring (bicyclic) bond motifs is 4. The Morgan fingerprint density at radius 3 is 2.28 bits per heavy atom. The zero-order chi connectivity index (χ0) is 34.9. The molecule has 0 spiro atoms. The molecule has 0 aromatic heterocycles. The number of allylic oxidation sites excluding steroid dienone is 4. The lowest BCUT2D eigenvalue weighted by molar-refractivity contribution is -0.135. The average Bonchev–Trinajstić information content (AvgIpc) is 3.40. The van der Waals surface area contributed by atoms with Crippen molar-refractivity contribution in [3.8, 4) is 11.5 Å². The lowest BCUT2D eigenvalue weighted by Gasteiger charge is -2.55. The van der Waals surface area contributed by atoms with Gasteiger partial charge in [0.05, 0.1) is 30.0 Å². The first-order chi connectivity index (χ1) is 24.2. The first-order valence-electron chi connectivity index (χ1n) is 16.8. The van der Waals surface area contributed by atoms with E-state index in [-0.39, 0.29) is 47.7 Å². The van der Waals surface area contributed by atoms with Gasteiger partial charge in [-0.2, -0.15) is 0 Å². The highest BCUT2D eigenvalue weighted by Crippen LogP contribution is 2.65. The minimum Gasteiger partial charge on any atom is -0.504 e. The second-order valence-electron chi connectivity index (χ2n) is 13.6. The third-order valence-corrected chi connectivity index (χ3v) is 11.8. The molecule has 0 bridgehead atoms. The summed E-state index contributed by atoms with van der Waals surface area (Å²) >= 11 is 6.45. The highest BCUT2D eigenvalue weighted by atomic mass is 35.5. The monoisotopic (exact) mass is 683 g/mol. The molecule has 6 atom stereocenters. The number of aromatic hydroxyl groups is 1. The van der Waals surface area contributed by atoms with E-state index in [1.807, 2.05) is 73.7 Å². The summed E-state index contributed by atoms with van der Waals surface area (Å²) in [6, 6.07) is 28.7. The van der Waals surface area contributed by atoms with Gasteiger partial charge in [-0.3, -0.25) is 19.2 Å². The molecule has 2 fully saturated rings. The minimum absolute atomic E-state index is 0.138. The number of para-hydroxylation sites is 1. The van der Waals surface area contributed by atoms with Crippen molar-refractivity contribution in [2.45, 2.75) is 31.1 Å².